The van der Waals surface area contributed by atoms with Crippen molar-refractivity contribution in [3.63, 3.8) is 0 Å². The van der Waals surface area contributed by atoms with Crippen molar-refractivity contribution in [1.82, 2.24) is 0 Å². The van der Waals surface area contributed by atoms with Gasteiger partial charge >= 0.3 is 0 Å². The Hall–Kier alpha value is -1.73. The van der Waals surface area contributed by atoms with Gasteiger partial charge in [-0.15, -0.1) is 0 Å². The van der Waals surface area contributed by atoms with Crippen LogP contribution in [0, 0.1) is 11.3 Å². The number of nitrogens with zero attached hydrogens (tertiary/aromatic N) is 2. The summed E-state index contributed by atoms with van der Waals surface area (Å²) in [5, 5.41) is 17.5. The fraction of sp³-hybridized carbons (Fsp3) is 0.462. The highest BCUT2D eigenvalue weighted by Crippen LogP contribution is 2.23. The topological polar surface area (TPSA) is 73.3 Å². The van der Waals surface area contributed by atoms with E-state index in [1.165, 1.54) is 0 Å². The molecule has 1 rings (SSSR count). The Labute approximate surface area is 102 Å². The van der Waals surface area contributed by atoms with Crippen molar-refractivity contribution >= 4 is 11.4 Å². The Morgan fingerprint density at radius 3 is 2.76 bits per heavy atom. The molecule has 0 aromatic heterocycles. The maximum Gasteiger partial charge on any atom is 0.0992 e. The lowest BCUT2D eigenvalue weighted by atomic mass is 10.1. The number of nitrogens with two attached hydrogens (primary N) is 1. The summed E-state index contributed by atoms with van der Waals surface area (Å²) in [6.45, 7) is 1.12. The third kappa shape index (κ3) is 3.97. The maximum absolute atomic E-state index is 8.84. The van der Waals surface area contributed by atoms with E-state index in [2.05, 4.69) is 6.07 Å². The third-order valence-electron chi connectivity index (χ3n) is 2.72. The summed E-state index contributed by atoms with van der Waals surface area (Å²) in [5.74, 6) is 0. The van der Waals surface area contributed by atoms with Crippen LogP contribution in [0.3, 0.4) is 0 Å². The van der Waals surface area contributed by atoms with Crippen molar-refractivity contribution in [3.8, 4) is 6.07 Å². The number of unbranched alkanes of at least 4 members (excludes halogenated alkanes) is 2. The summed E-state index contributed by atoms with van der Waals surface area (Å²) in [6.07, 6.45) is 2.84. The summed E-state index contributed by atoms with van der Waals surface area (Å²) < 4.78 is 0. The van der Waals surface area contributed by atoms with E-state index >= 15 is 0 Å². The lowest BCUT2D eigenvalue weighted by molar-refractivity contribution is 0.283. The van der Waals surface area contributed by atoms with Gasteiger partial charge in [0.1, 0.15) is 0 Å². The quantitative estimate of drug-likeness (QED) is 0.580. The molecule has 0 saturated heterocycles. The van der Waals surface area contributed by atoms with E-state index in [1.54, 1.807) is 18.2 Å². The summed E-state index contributed by atoms with van der Waals surface area (Å²) in [6, 6.07) is 7.40. The van der Waals surface area contributed by atoms with Gasteiger partial charge < -0.3 is 15.7 Å². The molecule has 4 heteroatoms. The largest absolute Gasteiger partial charge is 0.397 e. The molecule has 92 valence electrons. The number of aliphatic hydroxyl groups excluding tert-OH is 1. The second kappa shape index (κ2) is 6.77. The molecule has 4 nitrogen and oxygen atoms in total. The molecule has 3 N–H and O–H groups in total. The summed E-state index contributed by atoms with van der Waals surface area (Å²) >= 11 is 0. The molecule has 0 aliphatic carbocycles. The SMILES string of the molecule is CN(CCCCCO)c1cc(C#N)ccc1N. The van der Waals surface area contributed by atoms with Crippen LogP contribution in [-0.4, -0.2) is 25.3 Å². The van der Waals surface area contributed by atoms with Gasteiger partial charge in [-0.2, -0.15) is 5.26 Å². The van der Waals surface area contributed by atoms with Crippen LogP contribution in [0.25, 0.3) is 0 Å². The van der Waals surface area contributed by atoms with Gasteiger partial charge in [0.2, 0.25) is 0 Å². The number of aliphatic hydroxyl groups is 1. The van der Waals surface area contributed by atoms with E-state index in [4.69, 9.17) is 16.1 Å². The third-order valence-corrected chi connectivity index (χ3v) is 2.72. The second-order valence-electron chi connectivity index (χ2n) is 4.09. The first-order chi connectivity index (χ1) is 8.19. The highest BCUT2D eigenvalue weighted by atomic mass is 16.2. The molecular formula is C13H19N3O. The van der Waals surface area contributed by atoms with E-state index in [-0.39, 0.29) is 6.61 Å². The van der Waals surface area contributed by atoms with E-state index in [9.17, 15) is 0 Å². The Morgan fingerprint density at radius 1 is 1.35 bits per heavy atom. The predicted octanol–water partition coefficient (Wildman–Crippen LogP) is 1.74. The zero-order valence-corrected chi connectivity index (χ0v) is 10.2. The van der Waals surface area contributed by atoms with Crippen LogP contribution in [0.5, 0.6) is 0 Å². The Kier molecular flexibility index (Phi) is 5.31. The van der Waals surface area contributed by atoms with Crippen molar-refractivity contribution in [3.05, 3.63) is 23.8 Å². The molecule has 0 aliphatic rings. The van der Waals surface area contributed by atoms with E-state index < -0.39 is 0 Å². The van der Waals surface area contributed by atoms with Gasteiger partial charge in [-0.3, -0.25) is 0 Å². The first-order valence-electron chi connectivity index (χ1n) is 5.80. The van der Waals surface area contributed by atoms with Crippen LogP contribution in [0.1, 0.15) is 24.8 Å². The normalized spacial score (nSPS) is 9.94. The smallest absolute Gasteiger partial charge is 0.0992 e. The number of benzene rings is 1. The minimum atomic E-state index is 0.246. The number of nitriles is 1. The highest BCUT2D eigenvalue weighted by Gasteiger charge is 2.06. The first-order valence-corrected chi connectivity index (χ1v) is 5.80. The van der Waals surface area contributed by atoms with E-state index in [0.717, 1.165) is 31.5 Å². The van der Waals surface area contributed by atoms with Crippen molar-refractivity contribution in [2.45, 2.75) is 19.3 Å². The Bertz CT molecular complexity index is 398. The molecule has 0 amide bonds. The van der Waals surface area contributed by atoms with Crippen molar-refractivity contribution < 1.29 is 5.11 Å². The van der Waals surface area contributed by atoms with Gasteiger partial charge in [-0.05, 0) is 37.5 Å². The predicted molar refractivity (Wildman–Crippen MR) is 69.8 cm³/mol. The van der Waals surface area contributed by atoms with Gasteiger partial charge in [-0.25, -0.2) is 0 Å². The fourth-order valence-electron chi connectivity index (χ4n) is 1.70. The molecule has 0 atom stereocenters. The fourth-order valence-corrected chi connectivity index (χ4v) is 1.70. The molecule has 0 fully saturated rings. The molecule has 17 heavy (non-hydrogen) atoms. The lowest BCUT2D eigenvalue weighted by Gasteiger charge is -2.21. The van der Waals surface area contributed by atoms with Gasteiger partial charge in [0.05, 0.1) is 23.0 Å². The molecule has 0 aliphatic heterocycles. The monoisotopic (exact) mass is 233 g/mol. The molecule has 0 spiro atoms. The van der Waals surface area contributed by atoms with Crippen LogP contribution in [-0.2, 0) is 0 Å². The first kappa shape index (κ1) is 13.3. The molecule has 1 aromatic carbocycles. The number of rotatable bonds is 6. The van der Waals surface area contributed by atoms with Crippen molar-refractivity contribution in [2.24, 2.45) is 0 Å². The number of anilines is 2. The van der Waals surface area contributed by atoms with Crippen LogP contribution < -0.4 is 10.6 Å². The standard InChI is InChI=1S/C13H19N3O/c1-16(7-3-2-4-8-17)13-9-11(10-14)5-6-12(13)15/h5-6,9,17H,2-4,7-8,15H2,1H3. The number of hydrogen-bond donors (Lipinski definition) is 2. The average Bonchev–Trinajstić information content (AvgIpc) is 2.35. The molecule has 0 bridgehead atoms. The van der Waals surface area contributed by atoms with Crippen molar-refractivity contribution in [2.75, 3.05) is 30.8 Å². The van der Waals surface area contributed by atoms with Crippen molar-refractivity contribution in [1.29, 1.82) is 5.26 Å². The summed E-state index contributed by atoms with van der Waals surface area (Å²) in [7, 11) is 1.96. The van der Waals surface area contributed by atoms with E-state index in [1.807, 2.05) is 11.9 Å². The Morgan fingerprint density at radius 2 is 2.12 bits per heavy atom. The van der Waals surface area contributed by atoms with Crippen LogP contribution in [0.2, 0.25) is 0 Å². The minimum absolute atomic E-state index is 0.246. The lowest BCUT2D eigenvalue weighted by Crippen LogP contribution is -2.19. The van der Waals surface area contributed by atoms with Crippen LogP contribution in [0.15, 0.2) is 18.2 Å². The van der Waals surface area contributed by atoms with Gasteiger partial charge in [0, 0.05) is 20.2 Å². The number of nitrogen functional groups attached to an aromatic ring is 1. The van der Waals surface area contributed by atoms with Gasteiger partial charge in [0.15, 0.2) is 0 Å². The van der Waals surface area contributed by atoms with Gasteiger partial charge in [0.25, 0.3) is 0 Å². The molecule has 0 radical (unpaired) electrons. The number of hydrogen-bond acceptors (Lipinski definition) is 4. The highest BCUT2D eigenvalue weighted by molar-refractivity contribution is 5.69. The second-order valence-corrected chi connectivity index (χ2v) is 4.09. The van der Waals surface area contributed by atoms with Gasteiger partial charge in [-0.1, -0.05) is 0 Å². The van der Waals surface area contributed by atoms with E-state index in [0.29, 0.717) is 11.3 Å². The molecule has 1 aromatic rings. The molecular weight excluding hydrogens is 214 g/mol. The zero-order chi connectivity index (χ0) is 12.7. The molecule has 0 unspecified atom stereocenters. The van der Waals surface area contributed by atoms with Crippen LogP contribution >= 0.6 is 0 Å². The zero-order valence-electron chi connectivity index (χ0n) is 10.2. The van der Waals surface area contributed by atoms with Crippen LogP contribution in [0.4, 0.5) is 11.4 Å². The minimum Gasteiger partial charge on any atom is -0.397 e. The Balaban J connectivity index is 2.61. The summed E-state index contributed by atoms with van der Waals surface area (Å²) in [4.78, 5) is 2.05. The summed E-state index contributed by atoms with van der Waals surface area (Å²) in [5.41, 5.74) is 8.09. The maximum atomic E-state index is 8.84. The molecule has 0 saturated carbocycles. The average molecular weight is 233 g/mol. The molecule has 0 heterocycles.